The predicted molar refractivity (Wildman–Crippen MR) is 98.7 cm³/mol. The van der Waals surface area contributed by atoms with Crippen LogP contribution in [0.2, 0.25) is 0 Å². The third-order valence-corrected chi connectivity index (χ3v) is 4.65. The number of thiophene rings is 1. The Balaban J connectivity index is 1.80. The van der Waals surface area contributed by atoms with Crippen LogP contribution in [0.5, 0.6) is 0 Å². The van der Waals surface area contributed by atoms with Gasteiger partial charge in [-0.1, -0.05) is 42.5 Å². The average molecular weight is 349 g/mol. The van der Waals surface area contributed by atoms with Crippen LogP contribution in [0.15, 0.2) is 76.2 Å². The van der Waals surface area contributed by atoms with Gasteiger partial charge in [0.25, 0.3) is 5.56 Å². The van der Waals surface area contributed by atoms with Gasteiger partial charge in [0.15, 0.2) is 0 Å². The summed E-state index contributed by atoms with van der Waals surface area (Å²) in [4.78, 5) is 17.8. The van der Waals surface area contributed by atoms with Gasteiger partial charge < -0.3 is 0 Å². The molecule has 2 aromatic carbocycles. The Morgan fingerprint density at radius 1 is 1.08 bits per heavy atom. The van der Waals surface area contributed by atoms with Crippen molar-refractivity contribution in [3.8, 4) is 11.1 Å². The zero-order valence-electron chi connectivity index (χ0n) is 13.0. The minimum atomic E-state index is -0.317. The highest BCUT2D eigenvalue weighted by molar-refractivity contribution is 7.17. The number of hydrogen-bond acceptors (Lipinski definition) is 4. The van der Waals surface area contributed by atoms with Crippen molar-refractivity contribution >= 4 is 27.8 Å². The molecule has 6 heteroatoms. The molecule has 0 aliphatic rings. The molecule has 122 valence electrons. The quantitative estimate of drug-likeness (QED) is 0.522. The highest BCUT2D eigenvalue weighted by Crippen LogP contribution is 2.30. The molecular weight excluding hydrogens is 337 g/mol. The standard InChI is InChI=1S/C19H12FN3OS/c20-15-8-6-13(7-9-15)10-22-23-12-21-18-17(19(23)24)16(11-25-18)14-4-2-1-3-5-14/h1-12H/b22-10+. The van der Waals surface area contributed by atoms with Crippen molar-refractivity contribution in [2.45, 2.75) is 0 Å². The molecule has 0 unspecified atom stereocenters. The van der Waals surface area contributed by atoms with Gasteiger partial charge in [-0.25, -0.2) is 9.37 Å². The first-order chi connectivity index (χ1) is 12.2. The topological polar surface area (TPSA) is 47.2 Å². The molecule has 4 nitrogen and oxygen atoms in total. The largest absolute Gasteiger partial charge is 0.283 e. The second-order valence-corrected chi connectivity index (χ2v) is 6.24. The van der Waals surface area contributed by atoms with Gasteiger partial charge >= 0.3 is 0 Å². The van der Waals surface area contributed by atoms with Gasteiger partial charge in [-0.3, -0.25) is 4.79 Å². The summed E-state index contributed by atoms with van der Waals surface area (Å²) in [6.45, 7) is 0. The first-order valence-electron chi connectivity index (χ1n) is 7.56. The molecule has 0 radical (unpaired) electrons. The zero-order valence-corrected chi connectivity index (χ0v) is 13.8. The van der Waals surface area contributed by atoms with Crippen molar-refractivity contribution in [2.24, 2.45) is 5.10 Å². The molecule has 0 bridgehead atoms. The van der Waals surface area contributed by atoms with Gasteiger partial charge in [0.05, 0.1) is 11.6 Å². The van der Waals surface area contributed by atoms with Gasteiger partial charge in [-0.05, 0) is 23.3 Å². The fraction of sp³-hybridized carbons (Fsp3) is 0. The van der Waals surface area contributed by atoms with Crippen LogP contribution in [0.4, 0.5) is 4.39 Å². The first kappa shape index (κ1) is 15.4. The van der Waals surface area contributed by atoms with Crippen molar-refractivity contribution < 1.29 is 4.39 Å². The lowest BCUT2D eigenvalue weighted by Gasteiger charge is -2.01. The number of hydrogen-bond donors (Lipinski definition) is 0. The van der Waals surface area contributed by atoms with Crippen LogP contribution in [0.1, 0.15) is 5.56 Å². The molecule has 0 atom stereocenters. The Morgan fingerprint density at radius 3 is 2.60 bits per heavy atom. The maximum atomic E-state index is 13.0. The van der Waals surface area contributed by atoms with Crippen molar-refractivity contribution in [2.75, 3.05) is 0 Å². The van der Waals surface area contributed by atoms with Crippen LogP contribution < -0.4 is 5.56 Å². The van der Waals surface area contributed by atoms with Crippen molar-refractivity contribution in [3.63, 3.8) is 0 Å². The normalized spacial score (nSPS) is 11.4. The van der Waals surface area contributed by atoms with Gasteiger partial charge in [-0.15, -0.1) is 11.3 Å². The third kappa shape index (κ3) is 2.99. The summed E-state index contributed by atoms with van der Waals surface area (Å²) < 4.78 is 14.1. The molecule has 0 spiro atoms. The Hall–Kier alpha value is -3.12. The molecule has 0 N–H and O–H groups in total. The van der Waals surface area contributed by atoms with E-state index in [0.717, 1.165) is 11.1 Å². The summed E-state index contributed by atoms with van der Waals surface area (Å²) in [6, 6.07) is 15.6. The summed E-state index contributed by atoms with van der Waals surface area (Å²) in [6.07, 6.45) is 2.90. The number of nitrogens with zero attached hydrogens (tertiary/aromatic N) is 3. The van der Waals surface area contributed by atoms with E-state index in [2.05, 4.69) is 10.1 Å². The summed E-state index contributed by atoms with van der Waals surface area (Å²) in [7, 11) is 0. The minimum Gasteiger partial charge on any atom is -0.267 e. The first-order valence-corrected chi connectivity index (χ1v) is 8.44. The summed E-state index contributed by atoms with van der Waals surface area (Å²) in [5.74, 6) is -0.317. The van der Waals surface area contributed by atoms with E-state index in [4.69, 9.17) is 0 Å². The van der Waals surface area contributed by atoms with Crippen LogP contribution >= 0.6 is 11.3 Å². The van der Waals surface area contributed by atoms with E-state index in [0.29, 0.717) is 15.8 Å². The van der Waals surface area contributed by atoms with E-state index < -0.39 is 0 Å². The molecule has 4 aromatic rings. The molecule has 0 saturated heterocycles. The fourth-order valence-electron chi connectivity index (χ4n) is 2.51. The Labute approximate surface area is 146 Å². The predicted octanol–water partition coefficient (Wildman–Crippen LogP) is 4.15. The maximum absolute atomic E-state index is 13.0. The molecular formula is C19H12FN3OS. The summed E-state index contributed by atoms with van der Waals surface area (Å²) in [5, 5.41) is 6.65. The summed E-state index contributed by atoms with van der Waals surface area (Å²) >= 11 is 1.43. The molecule has 2 aromatic heterocycles. The van der Waals surface area contributed by atoms with E-state index in [1.165, 1.54) is 40.7 Å². The van der Waals surface area contributed by atoms with Crippen molar-refractivity contribution in [1.29, 1.82) is 0 Å². The Bertz CT molecular complexity index is 1120. The lowest BCUT2D eigenvalue weighted by Crippen LogP contribution is -2.16. The van der Waals surface area contributed by atoms with E-state index >= 15 is 0 Å². The fourth-order valence-corrected chi connectivity index (χ4v) is 3.42. The van der Waals surface area contributed by atoms with Crippen LogP contribution in [-0.4, -0.2) is 15.9 Å². The molecule has 2 heterocycles. The van der Waals surface area contributed by atoms with E-state index in [1.54, 1.807) is 12.1 Å². The minimum absolute atomic E-state index is 0.233. The van der Waals surface area contributed by atoms with E-state index in [1.807, 2.05) is 35.7 Å². The van der Waals surface area contributed by atoms with Crippen LogP contribution in [-0.2, 0) is 0 Å². The lowest BCUT2D eigenvalue weighted by molar-refractivity contribution is 0.628. The van der Waals surface area contributed by atoms with Gasteiger partial charge in [-0.2, -0.15) is 9.78 Å². The number of rotatable bonds is 3. The number of aromatic nitrogens is 2. The van der Waals surface area contributed by atoms with Gasteiger partial charge in [0.1, 0.15) is 17.0 Å². The molecule has 4 rings (SSSR count). The molecule has 0 fully saturated rings. The SMILES string of the molecule is O=c1c2c(-c3ccccc3)csc2ncn1/N=C/c1ccc(F)cc1. The van der Waals surface area contributed by atoms with E-state index in [9.17, 15) is 9.18 Å². The maximum Gasteiger partial charge on any atom is 0.283 e. The molecule has 0 amide bonds. The lowest BCUT2D eigenvalue weighted by atomic mass is 10.1. The second-order valence-electron chi connectivity index (χ2n) is 5.39. The second kappa shape index (κ2) is 6.41. The van der Waals surface area contributed by atoms with Crippen molar-refractivity contribution in [1.82, 2.24) is 9.66 Å². The molecule has 25 heavy (non-hydrogen) atoms. The molecule has 0 saturated carbocycles. The number of benzene rings is 2. The van der Waals surface area contributed by atoms with Crippen LogP contribution in [0.25, 0.3) is 21.3 Å². The smallest absolute Gasteiger partial charge is 0.267 e. The average Bonchev–Trinajstić information content (AvgIpc) is 3.08. The van der Waals surface area contributed by atoms with Crippen molar-refractivity contribution in [3.05, 3.63) is 88.0 Å². The third-order valence-electron chi connectivity index (χ3n) is 3.76. The highest BCUT2D eigenvalue weighted by atomic mass is 32.1. The Kier molecular flexibility index (Phi) is 3.95. The number of halogens is 1. The van der Waals surface area contributed by atoms with Crippen LogP contribution in [0, 0.1) is 5.82 Å². The van der Waals surface area contributed by atoms with Crippen LogP contribution in [0.3, 0.4) is 0 Å². The monoisotopic (exact) mass is 349 g/mol. The molecule has 0 aliphatic heterocycles. The zero-order chi connectivity index (χ0) is 17.2. The summed E-state index contributed by atoms with van der Waals surface area (Å²) in [5.41, 5.74) is 2.28. The highest BCUT2D eigenvalue weighted by Gasteiger charge is 2.12. The molecule has 0 aliphatic carbocycles. The van der Waals surface area contributed by atoms with Gasteiger partial charge in [0, 0.05) is 10.9 Å². The number of fused-ring (bicyclic) bond motifs is 1. The van der Waals surface area contributed by atoms with E-state index in [-0.39, 0.29) is 11.4 Å². The van der Waals surface area contributed by atoms with Gasteiger partial charge in [0.2, 0.25) is 0 Å². The Morgan fingerprint density at radius 2 is 1.84 bits per heavy atom.